The Morgan fingerprint density at radius 1 is 1.45 bits per heavy atom. The molecule has 112 valence electrons. The van der Waals surface area contributed by atoms with E-state index in [0.29, 0.717) is 24.1 Å². The zero-order valence-electron chi connectivity index (χ0n) is 12.4. The van der Waals surface area contributed by atoms with E-state index in [1.165, 1.54) is 0 Å². The van der Waals surface area contributed by atoms with Gasteiger partial charge in [-0.2, -0.15) is 4.98 Å². The van der Waals surface area contributed by atoms with Gasteiger partial charge in [0, 0.05) is 6.54 Å². The molecule has 3 N–H and O–H groups in total. The van der Waals surface area contributed by atoms with Crippen LogP contribution < -0.4 is 15.4 Å². The largest absolute Gasteiger partial charge is 0.476 e. The zero-order chi connectivity index (χ0) is 14.5. The molecular formula is C15H25N3O2. The molecule has 1 aromatic rings. The average Bonchev–Trinajstić information content (AvgIpc) is 2.46. The van der Waals surface area contributed by atoms with E-state index in [4.69, 9.17) is 10.5 Å². The molecule has 1 aliphatic rings. The Bertz CT molecular complexity index is 437. The normalized spacial score (nSPS) is 19.4. The van der Waals surface area contributed by atoms with Crippen LogP contribution in [0, 0.1) is 5.92 Å². The Hall–Kier alpha value is -1.49. The van der Waals surface area contributed by atoms with E-state index in [1.54, 1.807) is 0 Å². The number of nitrogens with two attached hydrogens (primary N) is 1. The fraction of sp³-hybridized carbons (Fsp3) is 0.667. The molecule has 0 bridgehead atoms. The fourth-order valence-corrected chi connectivity index (χ4v) is 2.45. The summed E-state index contributed by atoms with van der Waals surface area (Å²) in [6, 6.07) is 3.89. The number of hydrogen-bond donors (Lipinski definition) is 2. The van der Waals surface area contributed by atoms with Crippen LogP contribution in [0.1, 0.15) is 33.1 Å². The molecule has 20 heavy (non-hydrogen) atoms. The van der Waals surface area contributed by atoms with Crippen molar-refractivity contribution in [1.29, 1.82) is 0 Å². The van der Waals surface area contributed by atoms with Gasteiger partial charge in [-0.05, 0) is 37.3 Å². The standard InChI is InChI=1S/C15H25N3O2/c1-11(2)10-20-15-13(16)6-7-14(17-15)18-8-4-3-5-12(18)9-19/h6-7,11-12,19H,3-5,8-10,16H2,1-2H3. The summed E-state index contributed by atoms with van der Waals surface area (Å²) < 4.78 is 5.67. The van der Waals surface area contributed by atoms with E-state index in [2.05, 4.69) is 23.7 Å². The molecular weight excluding hydrogens is 254 g/mol. The summed E-state index contributed by atoms with van der Waals surface area (Å²) in [6.45, 7) is 5.86. The highest BCUT2D eigenvalue weighted by Crippen LogP contribution is 2.28. The molecule has 1 saturated heterocycles. The maximum absolute atomic E-state index is 9.50. The lowest BCUT2D eigenvalue weighted by Gasteiger charge is -2.35. The highest BCUT2D eigenvalue weighted by molar-refractivity contribution is 5.55. The Morgan fingerprint density at radius 2 is 2.25 bits per heavy atom. The molecule has 1 atom stereocenters. The molecule has 1 unspecified atom stereocenters. The third-order valence-corrected chi connectivity index (χ3v) is 3.56. The molecule has 0 radical (unpaired) electrons. The van der Waals surface area contributed by atoms with E-state index in [9.17, 15) is 5.11 Å². The van der Waals surface area contributed by atoms with Gasteiger partial charge in [-0.1, -0.05) is 13.8 Å². The van der Waals surface area contributed by atoms with E-state index in [1.807, 2.05) is 12.1 Å². The molecule has 1 fully saturated rings. The molecule has 5 nitrogen and oxygen atoms in total. The van der Waals surface area contributed by atoms with Gasteiger partial charge in [0.15, 0.2) is 0 Å². The van der Waals surface area contributed by atoms with Crippen LogP contribution in [0.2, 0.25) is 0 Å². The maximum atomic E-state index is 9.50. The maximum Gasteiger partial charge on any atom is 0.239 e. The topological polar surface area (TPSA) is 71.6 Å². The number of nitrogens with zero attached hydrogens (tertiary/aromatic N) is 2. The molecule has 2 rings (SSSR count). The molecule has 2 heterocycles. The van der Waals surface area contributed by atoms with Crippen LogP contribution in [0.5, 0.6) is 5.88 Å². The van der Waals surface area contributed by atoms with Gasteiger partial charge in [0.2, 0.25) is 5.88 Å². The van der Waals surface area contributed by atoms with Crippen LogP contribution in [-0.2, 0) is 0 Å². The van der Waals surface area contributed by atoms with Gasteiger partial charge in [0.1, 0.15) is 5.82 Å². The lowest BCUT2D eigenvalue weighted by molar-refractivity contribution is 0.238. The van der Waals surface area contributed by atoms with Gasteiger partial charge >= 0.3 is 0 Å². The summed E-state index contributed by atoms with van der Waals surface area (Å²) in [5, 5.41) is 9.50. The number of aromatic nitrogens is 1. The molecule has 1 aromatic heterocycles. The molecule has 5 heteroatoms. The summed E-state index contributed by atoms with van der Waals surface area (Å²) in [6.07, 6.45) is 3.29. The Morgan fingerprint density at radius 3 is 2.95 bits per heavy atom. The SMILES string of the molecule is CC(C)COc1nc(N2CCCCC2CO)ccc1N. The second kappa shape index (κ2) is 6.79. The minimum atomic E-state index is 0.151. The lowest BCUT2D eigenvalue weighted by atomic mass is 10.0. The minimum Gasteiger partial charge on any atom is -0.476 e. The van der Waals surface area contributed by atoms with Crippen molar-refractivity contribution in [2.45, 2.75) is 39.2 Å². The highest BCUT2D eigenvalue weighted by atomic mass is 16.5. The number of piperidine rings is 1. The second-order valence-corrected chi connectivity index (χ2v) is 5.79. The number of nitrogen functional groups attached to an aromatic ring is 1. The number of aliphatic hydroxyl groups is 1. The van der Waals surface area contributed by atoms with Crippen molar-refractivity contribution >= 4 is 11.5 Å². The van der Waals surface area contributed by atoms with Crippen molar-refractivity contribution in [3.63, 3.8) is 0 Å². The fourth-order valence-electron chi connectivity index (χ4n) is 2.45. The van der Waals surface area contributed by atoms with E-state index >= 15 is 0 Å². The number of aliphatic hydroxyl groups excluding tert-OH is 1. The number of anilines is 2. The summed E-state index contributed by atoms with van der Waals surface area (Å²) in [5.74, 6) is 1.77. The lowest BCUT2D eigenvalue weighted by Crippen LogP contribution is -2.42. The van der Waals surface area contributed by atoms with Crippen LogP contribution in [0.25, 0.3) is 0 Å². The Balaban J connectivity index is 2.16. The first-order valence-corrected chi connectivity index (χ1v) is 7.38. The molecule has 0 spiro atoms. The molecule has 0 amide bonds. The monoisotopic (exact) mass is 279 g/mol. The smallest absolute Gasteiger partial charge is 0.239 e. The van der Waals surface area contributed by atoms with E-state index in [-0.39, 0.29) is 12.6 Å². The molecule has 0 aliphatic carbocycles. The van der Waals surface area contributed by atoms with Gasteiger partial charge in [0.25, 0.3) is 0 Å². The minimum absolute atomic E-state index is 0.151. The predicted octanol–water partition coefficient (Wildman–Crippen LogP) is 2.05. The second-order valence-electron chi connectivity index (χ2n) is 5.79. The van der Waals surface area contributed by atoms with Crippen LogP contribution >= 0.6 is 0 Å². The summed E-state index contributed by atoms with van der Waals surface area (Å²) in [7, 11) is 0. The molecule has 1 aliphatic heterocycles. The molecule has 0 aromatic carbocycles. The van der Waals surface area contributed by atoms with Gasteiger partial charge < -0.3 is 20.5 Å². The van der Waals surface area contributed by atoms with Crippen LogP contribution in [-0.4, -0.2) is 35.9 Å². The number of rotatable bonds is 5. The summed E-state index contributed by atoms with van der Waals surface area (Å²) in [5.41, 5.74) is 6.48. The molecule has 0 saturated carbocycles. The quantitative estimate of drug-likeness (QED) is 0.863. The summed E-state index contributed by atoms with van der Waals surface area (Å²) in [4.78, 5) is 6.69. The third-order valence-electron chi connectivity index (χ3n) is 3.56. The first-order valence-electron chi connectivity index (χ1n) is 7.38. The summed E-state index contributed by atoms with van der Waals surface area (Å²) >= 11 is 0. The average molecular weight is 279 g/mol. The van der Waals surface area contributed by atoms with Crippen molar-refractivity contribution in [3.05, 3.63) is 12.1 Å². The first-order chi connectivity index (χ1) is 9.61. The van der Waals surface area contributed by atoms with Crippen LogP contribution in [0.3, 0.4) is 0 Å². The van der Waals surface area contributed by atoms with Gasteiger partial charge in [-0.15, -0.1) is 0 Å². The Kier molecular flexibility index (Phi) is 5.06. The number of ether oxygens (including phenoxy) is 1. The van der Waals surface area contributed by atoms with Gasteiger partial charge in [0.05, 0.1) is 24.9 Å². The third kappa shape index (κ3) is 3.54. The number of hydrogen-bond acceptors (Lipinski definition) is 5. The van der Waals surface area contributed by atoms with Crippen molar-refractivity contribution in [3.8, 4) is 5.88 Å². The van der Waals surface area contributed by atoms with Crippen molar-refractivity contribution in [2.24, 2.45) is 5.92 Å². The van der Waals surface area contributed by atoms with Crippen molar-refractivity contribution in [2.75, 3.05) is 30.4 Å². The first kappa shape index (κ1) is 14.9. The highest BCUT2D eigenvalue weighted by Gasteiger charge is 2.23. The van der Waals surface area contributed by atoms with E-state index in [0.717, 1.165) is 31.6 Å². The van der Waals surface area contributed by atoms with E-state index < -0.39 is 0 Å². The van der Waals surface area contributed by atoms with Crippen molar-refractivity contribution in [1.82, 2.24) is 4.98 Å². The Labute approximate surface area is 120 Å². The number of pyridine rings is 1. The van der Waals surface area contributed by atoms with Crippen LogP contribution in [0.4, 0.5) is 11.5 Å². The van der Waals surface area contributed by atoms with Crippen molar-refractivity contribution < 1.29 is 9.84 Å². The predicted molar refractivity (Wildman–Crippen MR) is 81.1 cm³/mol. The van der Waals surface area contributed by atoms with Gasteiger partial charge in [-0.25, -0.2) is 0 Å². The van der Waals surface area contributed by atoms with Gasteiger partial charge in [-0.3, -0.25) is 0 Å². The zero-order valence-corrected chi connectivity index (χ0v) is 12.4. The van der Waals surface area contributed by atoms with Crippen LogP contribution in [0.15, 0.2) is 12.1 Å².